The summed E-state index contributed by atoms with van der Waals surface area (Å²) < 4.78 is 5.39. The largest absolute Gasteiger partial charge is 0.484 e. The number of carbonyl (C=O) groups is 3. The molecular formula is C18H25N3O4. The van der Waals surface area contributed by atoms with Crippen LogP contribution in [0.15, 0.2) is 24.3 Å². The number of hydrogen-bond donors (Lipinski definition) is 1. The summed E-state index contributed by atoms with van der Waals surface area (Å²) in [6, 6.07) is 7.45. The van der Waals surface area contributed by atoms with E-state index in [0.717, 1.165) is 5.56 Å². The Morgan fingerprint density at radius 3 is 2.24 bits per heavy atom. The lowest BCUT2D eigenvalue weighted by Crippen LogP contribution is -2.50. The van der Waals surface area contributed by atoms with Crippen LogP contribution in [0.3, 0.4) is 0 Å². The van der Waals surface area contributed by atoms with Gasteiger partial charge < -0.3 is 19.9 Å². The summed E-state index contributed by atoms with van der Waals surface area (Å²) in [5, 5.41) is 2.69. The van der Waals surface area contributed by atoms with Gasteiger partial charge in [0.2, 0.25) is 11.8 Å². The monoisotopic (exact) mass is 347 g/mol. The standard InChI is InChI=1S/C18H25N3O4/c1-14-3-5-16(6-4-14)25-13-17(23)19-8-7-18(24)21-11-9-20(10-12-21)15(2)22/h3-6H,7-13H2,1-2H3,(H,19,23). The van der Waals surface area contributed by atoms with Crippen molar-refractivity contribution in [3.63, 3.8) is 0 Å². The minimum absolute atomic E-state index is 0.0112. The molecule has 0 aromatic heterocycles. The number of carbonyl (C=O) groups excluding carboxylic acids is 3. The number of amides is 3. The zero-order valence-corrected chi connectivity index (χ0v) is 14.8. The number of aryl methyl sites for hydroxylation is 1. The van der Waals surface area contributed by atoms with Crippen LogP contribution in [-0.2, 0) is 14.4 Å². The van der Waals surface area contributed by atoms with Crippen molar-refractivity contribution in [2.24, 2.45) is 0 Å². The van der Waals surface area contributed by atoms with E-state index in [1.165, 1.54) is 6.92 Å². The maximum absolute atomic E-state index is 12.1. The Labute approximate surface area is 147 Å². The second-order valence-corrected chi connectivity index (χ2v) is 6.09. The highest BCUT2D eigenvalue weighted by molar-refractivity contribution is 5.80. The molecule has 2 rings (SSSR count). The van der Waals surface area contributed by atoms with Crippen molar-refractivity contribution in [1.82, 2.24) is 15.1 Å². The van der Waals surface area contributed by atoms with Crippen LogP contribution in [-0.4, -0.2) is 66.9 Å². The van der Waals surface area contributed by atoms with Gasteiger partial charge in [0.25, 0.3) is 5.91 Å². The van der Waals surface area contributed by atoms with Gasteiger partial charge >= 0.3 is 0 Å². The predicted octanol–water partition coefficient (Wildman–Crippen LogP) is 0.571. The molecule has 0 atom stereocenters. The van der Waals surface area contributed by atoms with E-state index in [9.17, 15) is 14.4 Å². The van der Waals surface area contributed by atoms with E-state index in [0.29, 0.717) is 31.9 Å². The summed E-state index contributed by atoms with van der Waals surface area (Å²) in [7, 11) is 0. The van der Waals surface area contributed by atoms with Crippen LogP contribution >= 0.6 is 0 Å². The molecule has 136 valence electrons. The molecule has 1 aliphatic heterocycles. The fourth-order valence-electron chi connectivity index (χ4n) is 2.57. The first kappa shape index (κ1) is 18.8. The normalized spacial score (nSPS) is 14.2. The van der Waals surface area contributed by atoms with E-state index in [1.54, 1.807) is 9.80 Å². The Morgan fingerprint density at radius 1 is 1.04 bits per heavy atom. The Morgan fingerprint density at radius 2 is 1.64 bits per heavy atom. The predicted molar refractivity (Wildman–Crippen MR) is 93.1 cm³/mol. The van der Waals surface area contributed by atoms with E-state index in [2.05, 4.69) is 5.32 Å². The number of nitrogens with one attached hydrogen (secondary N) is 1. The maximum Gasteiger partial charge on any atom is 0.257 e. The van der Waals surface area contributed by atoms with Crippen molar-refractivity contribution >= 4 is 17.7 Å². The maximum atomic E-state index is 12.1. The first-order chi connectivity index (χ1) is 12.0. The van der Waals surface area contributed by atoms with Crippen LogP contribution in [0, 0.1) is 6.92 Å². The van der Waals surface area contributed by atoms with Crippen LogP contribution in [0.25, 0.3) is 0 Å². The van der Waals surface area contributed by atoms with Gasteiger partial charge in [-0.25, -0.2) is 0 Å². The summed E-state index contributed by atoms with van der Waals surface area (Å²) in [5.41, 5.74) is 1.12. The van der Waals surface area contributed by atoms with Crippen molar-refractivity contribution in [3.8, 4) is 5.75 Å². The smallest absolute Gasteiger partial charge is 0.257 e. The molecule has 0 radical (unpaired) electrons. The van der Waals surface area contributed by atoms with Gasteiger partial charge in [0, 0.05) is 46.1 Å². The highest BCUT2D eigenvalue weighted by atomic mass is 16.5. The van der Waals surface area contributed by atoms with Crippen molar-refractivity contribution in [1.29, 1.82) is 0 Å². The van der Waals surface area contributed by atoms with E-state index in [1.807, 2.05) is 31.2 Å². The summed E-state index contributed by atoms with van der Waals surface area (Å²) in [5.74, 6) is 0.408. The average molecular weight is 347 g/mol. The minimum Gasteiger partial charge on any atom is -0.484 e. The van der Waals surface area contributed by atoms with Gasteiger partial charge in [-0.2, -0.15) is 0 Å². The third kappa shape index (κ3) is 6.10. The Bertz CT molecular complexity index is 607. The van der Waals surface area contributed by atoms with Crippen molar-refractivity contribution in [2.45, 2.75) is 20.3 Å². The van der Waals surface area contributed by atoms with Crippen LogP contribution in [0.4, 0.5) is 0 Å². The van der Waals surface area contributed by atoms with E-state index >= 15 is 0 Å². The second kappa shape index (κ2) is 9.05. The number of nitrogens with zero attached hydrogens (tertiary/aromatic N) is 2. The molecule has 1 fully saturated rings. The Hall–Kier alpha value is -2.57. The molecule has 0 bridgehead atoms. The fraction of sp³-hybridized carbons (Fsp3) is 0.500. The Balaban J connectivity index is 1.61. The lowest BCUT2D eigenvalue weighted by Gasteiger charge is -2.34. The van der Waals surface area contributed by atoms with E-state index in [-0.39, 0.29) is 37.3 Å². The van der Waals surface area contributed by atoms with Crippen LogP contribution in [0.5, 0.6) is 5.75 Å². The molecule has 1 heterocycles. The summed E-state index contributed by atoms with van der Waals surface area (Å²) in [4.78, 5) is 38.6. The topological polar surface area (TPSA) is 79.0 Å². The molecule has 0 aliphatic carbocycles. The lowest BCUT2D eigenvalue weighted by atomic mass is 10.2. The molecule has 0 saturated carbocycles. The molecule has 7 heteroatoms. The minimum atomic E-state index is -0.255. The van der Waals surface area contributed by atoms with Crippen molar-refractivity contribution in [2.75, 3.05) is 39.3 Å². The number of piperazine rings is 1. The number of rotatable bonds is 6. The molecule has 25 heavy (non-hydrogen) atoms. The van der Waals surface area contributed by atoms with Crippen LogP contribution in [0.2, 0.25) is 0 Å². The average Bonchev–Trinajstić information content (AvgIpc) is 2.61. The van der Waals surface area contributed by atoms with Crippen molar-refractivity contribution in [3.05, 3.63) is 29.8 Å². The quantitative estimate of drug-likeness (QED) is 0.816. The summed E-state index contributed by atoms with van der Waals surface area (Å²) in [6.07, 6.45) is 0.246. The van der Waals surface area contributed by atoms with Crippen LogP contribution in [0.1, 0.15) is 18.9 Å². The number of ether oxygens (including phenoxy) is 1. The molecule has 7 nitrogen and oxygen atoms in total. The van der Waals surface area contributed by atoms with Gasteiger partial charge in [0.15, 0.2) is 6.61 Å². The van der Waals surface area contributed by atoms with Gasteiger partial charge in [0.1, 0.15) is 5.75 Å². The first-order valence-corrected chi connectivity index (χ1v) is 8.45. The second-order valence-electron chi connectivity index (χ2n) is 6.09. The SMILES string of the molecule is CC(=O)N1CCN(C(=O)CCNC(=O)COc2ccc(C)cc2)CC1. The molecule has 1 N–H and O–H groups in total. The molecule has 1 aromatic rings. The molecular weight excluding hydrogens is 322 g/mol. The van der Waals surface area contributed by atoms with Gasteiger partial charge in [0.05, 0.1) is 0 Å². The zero-order chi connectivity index (χ0) is 18.2. The molecule has 1 saturated heterocycles. The third-order valence-corrected chi connectivity index (χ3v) is 4.13. The zero-order valence-electron chi connectivity index (χ0n) is 14.8. The van der Waals surface area contributed by atoms with Crippen LogP contribution < -0.4 is 10.1 Å². The number of hydrogen-bond acceptors (Lipinski definition) is 4. The van der Waals surface area contributed by atoms with E-state index in [4.69, 9.17) is 4.74 Å². The lowest BCUT2D eigenvalue weighted by molar-refractivity contribution is -0.138. The van der Waals surface area contributed by atoms with Gasteiger partial charge in [-0.1, -0.05) is 17.7 Å². The molecule has 1 aromatic carbocycles. The first-order valence-electron chi connectivity index (χ1n) is 8.45. The highest BCUT2D eigenvalue weighted by Gasteiger charge is 2.21. The molecule has 0 spiro atoms. The van der Waals surface area contributed by atoms with Crippen molar-refractivity contribution < 1.29 is 19.1 Å². The molecule has 3 amide bonds. The highest BCUT2D eigenvalue weighted by Crippen LogP contribution is 2.10. The van der Waals surface area contributed by atoms with Gasteiger partial charge in [-0.3, -0.25) is 14.4 Å². The Kier molecular flexibility index (Phi) is 6.80. The van der Waals surface area contributed by atoms with Gasteiger partial charge in [-0.05, 0) is 19.1 Å². The summed E-state index contributed by atoms with van der Waals surface area (Å²) in [6.45, 7) is 5.94. The summed E-state index contributed by atoms with van der Waals surface area (Å²) >= 11 is 0. The number of benzene rings is 1. The van der Waals surface area contributed by atoms with Gasteiger partial charge in [-0.15, -0.1) is 0 Å². The fourth-order valence-corrected chi connectivity index (χ4v) is 2.57. The molecule has 1 aliphatic rings. The van der Waals surface area contributed by atoms with E-state index < -0.39 is 0 Å². The third-order valence-electron chi connectivity index (χ3n) is 4.13. The molecule has 0 unspecified atom stereocenters.